The Balaban J connectivity index is 4.04. The van der Waals surface area contributed by atoms with Gasteiger partial charge in [0.2, 0.25) is 0 Å². The number of rotatable bonds is 6. The van der Waals surface area contributed by atoms with E-state index in [0.29, 0.717) is 6.29 Å². The second kappa shape index (κ2) is 6.35. The van der Waals surface area contributed by atoms with E-state index >= 15 is 0 Å². The van der Waals surface area contributed by atoms with Gasteiger partial charge in [0.15, 0.2) is 0 Å². The van der Waals surface area contributed by atoms with Crippen molar-refractivity contribution in [3.8, 4) is 0 Å². The summed E-state index contributed by atoms with van der Waals surface area (Å²) in [4.78, 5) is 6.84. The lowest BCUT2D eigenvalue weighted by molar-refractivity contribution is -0.00680. The number of nitrogens with zero attached hydrogens (tertiary/aromatic N) is 3. The molecule has 0 aliphatic carbocycles. The molecule has 0 fully saturated rings. The third-order valence-corrected chi connectivity index (χ3v) is 2.18. The molecule has 0 amide bonds. The minimum atomic E-state index is 0.409. The largest absolute Gasteiger partial charge is 0.282 e. The Kier molecular flexibility index (Phi) is 6.29. The molecule has 0 heterocycles. The van der Waals surface area contributed by atoms with Crippen LogP contribution in [0.1, 0.15) is 19.8 Å². The van der Waals surface area contributed by atoms with Gasteiger partial charge in [0, 0.05) is 6.54 Å². The fourth-order valence-electron chi connectivity index (χ4n) is 1.77. The first-order valence-corrected chi connectivity index (χ1v) is 5.03. The number of hydrogen-bond donors (Lipinski definition) is 0. The van der Waals surface area contributed by atoms with Crippen molar-refractivity contribution < 1.29 is 0 Å². The molecular formula is C10H25N3. The second-order valence-electron chi connectivity index (χ2n) is 4.11. The zero-order chi connectivity index (χ0) is 10.4. The van der Waals surface area contributed by atoms with Gasteiger partial charge in [0.1, 0.15) is 6.29 Å². The lowest BCUT2D eigenvalue weighted by Crippen LogP contribution is -2.52. The van der Waals surface area contributed by atoms with Crippen molar-refractivity contribution in [2.45, 2.75) is 26.1 Å². The molecule has 0 aromatic carbocycles. The van der Waals surface area contributed by atoms with Crippen molar-refractivity contribution in [2.24, 2.45) is 0 Å². The van der Waals surface area contributed by atoms with Crippen LogP contribution in [0.2, 0.25) is 0 Å². The smallest absolute Gasteiger partial charge is 0.118 e. The molecule has 0 rings (SSSR count). The fourth-order valence-corrected chi connectivity index (χ4v) is 1.77. The molecule has 0 radical (unpaired) electrons. The molecule has 3 nitrogen and oxygen atoms in total. The third kappa shape index (κ3) is 4.60. The number of hydrogen-bond acceptors (Lipinski definition) is 3. The molecule has 0 N–H and O–H groups in total. The van der Waals surface area contributed by atoms with E-state index in [-0.39, 0.29) is 0 Å². The van der Waals surface area contributed by atoms with E-state index in [9.17, 15) is 0 Å². The lowest BCUT2D eigenvalue weighted by atomic mass is 10.3. The molecule has 0 saturated carbocycles. The van der Waals surface area contributed by atoms with E-state index in [2.05, 4.69) is 56.9 Å². The standard InChI is InChI=1S/C10H25N3/c1-7-8-9-13(6)10(11(2)3)12(4)5/h10H,7-9H2,1-6H3. The van der Waals surface area contributed by atoms with Crippen LogP contribution in [0, 0.1) is 0 Å². The topological polar surface area (TPSA) is 9.72 Å². The highest BCUT2D eigenvalue weighted by Crippen LogP contribution is 2.04. The first-order valence-electron chi connectivity index (χ1n) is 5.03. The Morgan fingerprint density at radius 1 is 0.923 bits per heavy atom. The molecule has 0 aliphatic heterocycles. The molecule has 80 valence electrons. The van der Waals surface area contributed by atoms with Gasteiger partial charge in [-0.15, -0.1) is 0 Å². The van der Waals surface area contributed by atoms with Crippen LogP contribution in [-0.4, -0.2) is 62.8 Å². The summed E-state index contributed by atoms with van der Waals surface area (Å²) < 4.78 is 0. The van der Waals surface area contributed by atoms with Crippen molar-refractivity contribution in [1.29, 1.82) is 0 Å². The van der Waals surface area contributed by atoms with Crippen molar-refractivity contribution in [2.75, 3.05) is 41.8 Å². The van der Waals surface area contributed by atoms with Gasteiger partial charge in [-0.1, -0.05) is 13.3 Å². The van der Waals surface area contributed by atoms with Crippen LogP contribution in [0.5, 0.6) is 0 Å². The van der Waals surface area contributed by atoms with Gasteiger partial charge < -0.3 is 0 Å². The van der Waals surface area contributed by atoms with Crippen LogP contribution >= 0.6 is 0 Å². The molecule has 13 heavy (non-hydrogen) atoms. The summed E-state index contributed by atoms with van der Waals surface area (Å²) in [6, 6.07) is 0. The number of unbranched alkanes of at least 4 members (excludes halogenated alkanes) is 1. The summed E-state index contributed by atoms with van der Waals surface area (Å²) in [5.74, 6) is 0. The summed E-state index contributed by atoms with van der Waals surface area (Å²) in [6.07, 6.45) is 2.94. The normalized spacial score (nSPS) is 12.5. The van der Waals surface area contributed by atoms with Gasteiger partial charge in [0.05, 0.1) is 0 Å². The molecule has 0 saturated heterocycles. The van der Waals surface area contributed by atoms with E-state index < -0.39 is 0 Å². The maximum atomic E-state index is 2.38. The van der Waals surface area contributed by atoms with Crippen molar-refractivity contribution in [1.82, 2.24) is 14.7 Å². The monoisotopic (exact) mass is 187 g/mol. The molecule has 3 heteroatoms. The molecule has 0 atom stereocenters. The van der Waals surface area contributed by atoms with Crippen LogP contribution in [0.4, 0.5) is 0 Å². The average molecular weight is 187 g/mol. The predicted molar refractivity (Wildman–Crippen MR) is 58.7 cm³/mol. The van der Waals surface area contributed by atoms with Crippen LogP contribution in [0.15, 0.2) is 0 Å². The van der Waals surface area contributed by atoms with Crippen LogP contribution in [0.3, 0.4) is 0 Å². The van der Waals surface area contributed by atoms with E-state index in [1.807, 2.05) is 0 Å². The van der Waals surface area contributed by atoms with Crippen LogP contribution in [0.25, 0.3) is 0 Å². The Morgan fingerprint density at radius 2 is 1.38 bits per heavy atom. The van der Waals surface area contributed by atoms with Crippen LogP contribution in [-0.2, 0) is 0 Å². The van der Waals surface area contributed by atoms with Gasteiger partial charge in [-0.05, 0) is 41.7 Å². The van der Waals surface area contributed by atoms with Crippen molar-refractivity contribution in [3.63, 3.8) is 0 Å². The van der Waals surface area contributed by atoms with Crippen molar-refractivity contribution >= 4 is 0 Å². The zero-order valence-corrected chi connectivity index (χ0v) is 10.0. The van der Waals surface area contributed by atoms with E-state index in [4.69, 9.17) is 0 Å². The predicted octanol–water partition coefficient (Wildman–Crippen LogP) is 1.13. The maximum Gasteiger partial charge on any atom is 0.118 e. The highest BCUT2D eigenvalue weighted by Gasteiger charge is 2.17. The van der Waals surface area contributed by atoms with E-state index in [1.165, 1.54) is 12.8 Å². The SMILES string of the molecule is CCCCN(C)C(N(C)C)N(C)C. The first-order chi connectivity index (χ1) is 6.00. The Morgan fingerprint density at radius 3 is 1.69 bits per heavy atom. The van der Waals surface area contributed by atoms with Gasteiger partial charge in [0.25, 0.3) is 0 Å². The summed E-state index contributed by atoms with van der Waals surface area (Å²) in [6.45, 7) is 3.39. The molecule has 0 aromatic heterocycles. The van der Waals surface area contributed by atoms with Crippen LogP contribution < -0.4 is 0 Å². The van der Waals surface area contributed by atoms with E-state index in [1.54, 1.807) is 0 Å². The summed E-state index contributed by atoms with van der Waals surface area (Å²) in [7, 11) is 10.7. The third-order valence-electron chi connectivity index (χ3n) is 2.18. The van der Waals surface area contributed by atoms with E-state index in [0.717, 1.165) is 6.54 Å². The molecule has 0 spiro atoms. The summed E-state index contributed by atoms with van der Waals surface area (Å²) in [5.41, 5.74) is 0. The van der Waals surface area contributed by atoms with Gasteiger partial charge >= 0.3 is 0 Å². The minimum Gasteiger partial charge on any atom is -0.282 e. The Labute approximate surface area is 83.3 Å². The van der Waals surface area contributed by atoms with Crippen molar-refractivity contribution in [3.05, 3.63) is 0 Å². The second-order valence-corrected chi connectivity index (χ2v) is 4.11. The first kappa shape index (κ1) is 12.9. The zero-order valence-electron chi connectivity index (χ0n) is 10.0. The Hall–Kier alpha value is -0.120. The highest BCUT2D eigenvalue weighted by atomic mass is 15.5. The fraction of sp³-hybridized carbons (Fsp3) is 1.00. The summed E-state index contributed by atoms with van der Waals surface area (Å²) in [5, 5.41) is 0. The molecule has 0 aromatic rings. The highest BCUT2D eigenvalue weighted by molar-refractivity contribution is 4.62. The van der Waals surface area contributed by atoms with Gasteiger partial charge in [-0.2, -0.15) is 0 Å². The quantitative estimate of drug-likeness (QED) is 0.577. The molecule has 0 aliphatic rings. The van der Waals surface area contributed by atoms with Gasteiger partial charge in [-0.3, -0.25) is 14.7 Å². The molecule has 0 unspecified atom stereocenters. The van der Waals surface area contributed by atoms with Gasteiger partial charge in [-0.25, -0.2) is 0 Å². The lowest BCUT2D eigenvalue weighted by Gasteiger charge is -2.37. The maximum absolute atomic E-state index is 2.38. The Bertz CT molecular complexity index is 115. The average Bonchev–Trinajstić information content (AvgIpc) is 1.99. The molecule has 0 bridgehead atoms. The molecular weight excluding hydrogens is 162 g/mol. The summed E-state index contributed by atoms with van der Waals surface area (Å²) >= 11 is 0. The minimum absolute atomic E-state index is 0.409.